The Labute approximate surface area is 407 Å². The maximum Gasteiger partial charge on any atom is 0.0998 e. The van der Waals surface area contributed by atoms with E-state index in [1.165, 1.54) is 22.3 Å². The van der Waals surface area contributed by atoms with Crippen molar-refractivity contribution < 1.29 is 0 Å². The van der Waals surface area contributed by atoms with Crippen LogP contribution in [0, 0.1) is 50.4 Å². The molecule has 2 aromatic heterocycles. The Kier molecular flexibility index (Phi) is 10.1. The van der Waals surface area contributed by atoms with Crippen molar-refractivity contribution in [2.24, 2.45) is 0 Å². The summed E-state index contributed by atoms with van der Waals surface area (Å²) in [6.07, 6.45) is 0. The number of nitriles is 2. The number of fused-ring (bicyclic) bond motifs is 6. The van der Waals surface area contributed by atoms with Crippen LogP contribution in [0.25, 0.3) is 111 Å². The lowest BCUT2D eigenvalue weighted by molar-refractivity contribution is 1.09. The van der Waals surface area contributed by atoms with Gasteiger partial charge in [0, 0.05) is 27.1 Å². The van der Waals surface area contributed by atoms with Crippen molar-refractivity contribution in [3.05, 3.63) is 240 Å². The van der Waals surface area contributed by atoms with Crippen molar-refractivity contribution in [2.75, 3.05) is 0 Å². The van der Waals surface area contributed by atoms with E-state index in [1.54, 1.807) is 0 Å². The summed E-state index contributed by atoms with van der Waals surface area (Å²) in [5, 5.41) is 25.9. The Morgan fingerprint density at radius 2 is 0.629 bits per heavy atom. The second kappa shape index (κ2) is 16.8. The third-order valence-electron chi connectivity index (χ3n) is 14.0. The molecule has 0 atom stereocenters. The molecule has 0 aliphatic rings. The van der Waals surface area contributed by atoms with Gasteiger partial charge in [-0.2, -0.15) is 10.5 Å². The normalized spacial score (nSPS) is 11.4. The molecule has 70 heavy (non-hydrogen) atoms. The highest BCUT2D eigenvalue weighted by atomic mass is 15.1. The number of hydrogen-bond donors (Lipinski definition) is 0. The minimum Gasteiger partial charge on any atom is -0.307 e. The highest BCUT2D eigenvalue weighted by Crippen LogP contribution is 2.44. The zero-order valence-corrected chi connectivity index (χ0v) is 39.4. The lowest BCUT2D eigenvalue weighted by atomic mass is 9.96. The van der Waals surface area contributed by atoms with Crippen LogP contribution in [0.1, 0.15) is 33.4 Å². The summed E-state index contributed by atoms with van der Waals surface area (Å²) < 4.78 is 4.81. The van der Waals surface area contributed by atoms with Crippen LogP contribution in [0.5, 0.6) is 0 Å². The van der Waals surface area contributed by atoms with Crippen LogP contribution in [0.2, 0.25) is 0 Å². The van der Waals surface area contributed by atoms with Gasteiger partial charge in [0.15, 0.2) is 0 Å². The highest BCUT2D eigenvalue weighted by molar-refractivity contribution is 6.14. The van der Waals surface area contributed by atoms with Gasteiger partial charge in [-0.05, 0) is 126 Å². The quantitative estimate of drug-likeness (QED) is 0.160. The number of rotatable bonds is 7. The molecule has 0 aliphatic heterocycles. The maximum atomic E-state index is 11.3. The summed E-state index contributed by atoms with van der Waals surface area (Å²) in [5.41, 5.74) is 22.3. The van der Waals surface area contributed by atoms with Crippen molar-refractivity contribution in [1.29, 1.82) is 10.5 Å². The summed E-state index contributed by atoms with van der Waals surface area (Å²) in [6.45, 7) is 8.54. The van der Waals surface area contributed by atoms with Crippen molar-refractivity contribution >= 4 is 43.6 Å². The molecule has 0 amide bonds. The Morgan fingerprint density at radius 1 is 0.300 bits per heavy atom. The van der Waals surface area contributed by atoms with Gasteiger partial charge < -0.3 is 9.13 Å². The van der Waals surface area contributed by atoms with Crippen LogP contribution in [-0.4, -0.2) is 9.13 Å². The lowest BCUT2D eigenvalue weighted by Gasteiger charge is -2.20. The summed E-state index contributed by atoms with van der Waals surface area (Å²) >= 11 is 0. The first-order chi connectivity index (χ1) is 34.2. The van der Waals surface area contributed by atoms with Crippen molar-refractivity contribution in [3.8, 4) is 79.1 Å². The second-order valence-electron chi connectivity index (χ2n) is 18.8. The van der Waals surface area contributed by atoms with E-state index >= 15 is 0 Å². The average molecular weight is 895 g/mol. The van der Waals surface area contributed by atoms with E-state index in [4.69, 9.17) is 0 Å². The summed E-state index contributed by atoms with van der Waals surface area (Å²) in [5.74, 6) is 0. The van der Waals surface area contributed by atoms with Crippen LogP contribution in [0.15, 0.2) is 206 Å². The molecular formula is C66H46N4. The van der Waals surface area contributed by atoms with E-state index in [2.05, 4.69) is 231 Å². The first-order valence-electron chi connectivity index (χ1n) is 23.8. The van der Waals surface area contributed by atoms with E-state index in [9.17, 15) is 10.5 Å². The molecule has 0 aliphatic carbocycles. The Hall–Kier alpha value is -9.22. The number of aromatic nitrogens is 2. The van der Waals surface area contributed by atoms with E-state index in [-0.39, 0.29) is 0 Å². The maximum absolute atomic E-state index is 11.3. The zero-order chi connectivity index (χ0) is 47.6. The molecule has 0 radical (unpaired) electrons. The molecule has 0 bridgehead atoms. The molecule has 4 nitrogen and oxygen atoms in total. The third kappa shape index (κ3) is 7.23. The smallest absolute Gasteiger partial charge is 0.0998 e. The third-order valence-corrected chi connectivity index (χ3v) is 14.0. The predicted molar refractivity (Wildman–Crippen MR) is 291 cm³/mol. The summed E-state index contributed by atoms with van der Waals surface area (Å²) in [7, 11) is 0. The van der Waals surface area contributed by atoms with E-state index < -0.39 is 0 Å². The predicted octanol–water partition coefficient (Wildman–Crippen LogP) is 17.2. The molecule has 12 rings (SSSR count). The van der Waals surface area contributed by atoms with Gasteiger partial charge in [-0.15, -0.1) is 0 Å². The summed E-state index contributed by atoms with van der Waals surface area (Å²) in [6, 6.07) is 78.8. The van der Waals surface area contributed by atoms with Crippen LogP contribution in [0.3, 0.4) is 0 Å². The largest absolute Gasteiger partial charge is 0.307 e. The van der Waals surface area contributed by atoms with Gasteiger partial charge in [-0.3, -0.25) is 0 Å². The first-order valence-corrected chi connectivity index (χ1v) is 23.8. The number of aryl methyl sites for hydroxylation is 4. The first kappa shape index (κ1) is 42.2. The molecule has 4 heteroatoms. The minimum atomic E-state index is 0.509. The van der Waals surface area contributed by atoms with Crippen LogP contribution in [-0.2, 0) is 0 Å². The van der Waals surface area contributed by atoms with Gasteiger partial charge in [-0.1, -0.05) is 180 Å². The molecule has 2 heterocycles. The zero-order valence-electron chi connectivity index (χ0n) is 39.4. The van der Waals surface area contributed by atoms with Crippen molar-refractivity contribution in [2.45, 2.75) is 27.7 Å². The fraction of sp³-hybridized carbons (Fsp3) is 0.0606. The van der Waals surface area contributed by atoms with Gasteiger partial charge in [0.1, 0.15) is 0 Å². The molecule has 0 saturated carbocycles. The van der Waals surface area contributed by atoms with Crippen LogP contribution < -0.4 is 0 Å². The SMILES string of the molecule is Cc1cccc(-c2ccc3c4ccc(-c5cccc(C)c5)cc4n(-c4cc(C#N)c(-c5cccc(C#N)c5)cc4-n4c5cc(-c6cccc(C)c6)ccc5c5ccc(-c6cccc(C)c6)cc54)c3c2)c1. The Bertz CT molecular complexity index is 4000. The minimum absolute atomic E-state index is 0.509. The molecule has 0 spiro atoms. The summed E-state index contributed by atoms with van der Waals surface area (Å²) in [4.78, 5) is 0. The molecule has 0 fully saturated rings. The standard InChI is InChI=1S/C66H46N4/c1-41-10-5-15-46(28-41)50-20-24-56-57-25-21-51(47-16-6-11-42(2)29-47)34-62(57)69(61(56)33-50)65-37-55(40-68)60(54-19-9-14-45(32-54)39-67)38-66(65)70-63-35-52(48-17-7-12-43(3)30-48)22-26-58(63)59-27-23-53(36-64(59)70)49-18-8-13-44(4)31-49/h5-38H,1-4H3. The second-order valence-corrected chi connectivity index (χ2v) is 18.8. The number of hydrogen-bond acceptors (Lipinski definition) is 2. The van der Waals surface area contributed by atoms with Crippen LogP contribution in [0.4, 0.5) is 0 Å². The van der Waals surface area contributed by atoms with Gasteiger partial charge in [0.25, 0.3) is 0 Å². The van der Waals surface area contributed by atoms with E-state index in [0.717, 1.165) is 111 Å². The molecule has 12 aromatic rings. The monoisotopic (exact) mass is 894 g/mol. The lowest BCUT2D eigenvalue weighted by Crippen LogP contribution is -2.06. The molecule has 0 N–H and O–H groups in total. The van der Waals surface area contributed by atoms with Gasteiger partial charge in [0.2, 0.25) is 0 Å². The molecular weight excluding hydrogens is 849 g/mol. The average Bonchev–Trinajstić information content (AvgIpc) is 3.89. The number of benzene rings is 10. The highest BCUT2D eigenvalue weighted by Gasteiger charge is 2.24. The van der Waals surface area contributed by atoms with Gasteiger partial charge >= 0.3 is 0 Å². The molecule has 0 unspecified atom stereocenters. The molecule has 330 valence electrons. The molecule has 0 saturated heterocycles. The van der Waals surface area contributed by atoms with Crippen molar-refractivity contribution in [3.63, 3.8) is 0 Å². The topological polar surface area (TPSA) is 57.4 Å². The fourth-order valence-electron chi connectivity index (χ4n) is 10.6. The van der Waals surface area contributed by atoms with Crippen LogP contribution >= 0.6 is 0 Å². The fourth-order valence-corrected chi connectivity index (χ4v) is 10.6. The van der Waals surface area contributed by atoms with Crippen molar-refractivity contribution in [1.82, 2.24) is 9.13 Å². The molecule has 10 aromatic carbocycles. The van der Waals surface area contributed by atoms with E-state index in [0.29, 0.717) is 11.1 Å². The van der Waals surface area contributed by atoms with Gasteiger partial charge in [-0.25, -0.2) is 0 Å². The Balaban J connectivity index is 1.26. The number of nitrogens with zero attached hydrogens (tertiary/aromatic N) is 4. The van der Waals surface area contributed by atoms with Gasteiger partial charge in [0.05, 0.1) is 56.7 Å². The van der Waals surface area contributed by atoms with E-state index in [1.807, 2.05) is 24.3 Å². The Morgan fingerprint density at radius 3 is 0.971 bits per heavy atom.